The fourth-order valence-corrected chi connectivity index (χ4v) is 1.18. The third kappa shape index (κ3) is 3.02. The van der Waals surface area contributed by atoms with Gasteiger partial charge in [-0.15, -0.1) is 0 Å². The number of nitrogens with zero attached hydrogens (tertiary/aromatic N) is 4. The van der Waals surface area contributed by atoms with E-state index >= 15 is 0 Å². The van der Waals surface area contributed by atoms with E-state index in [0.29, 0.717) is 25.1 Å². The Hall–Kier alpha value is -1.96. The second-order valence-corrected chi connectivity index (χ2v) is 2.92. The van der Waals surface area contributed by atoms with E-state index in [1.165, 1.54) is 18.7 Å². The van der Waals surface area contributed by atoms with Crippen LogP contribution < -0.4 is 0 Å². The van der Waals surface area contributed by atoms with Gasteiger partial charge in [0.25, 0.3) is 5.91 Å². The van der Waals surface area contributed by atoms with Crippen molar-refractivity contribution in [3.05, 3.63) is 24.3 Å². The van der Waals surface area contributed by atoms with Crippen molar-refractivity contribution < 1.29 is 4.79 Å². The topological polar surface area (TPSA) is 69.9 Å². The molecule has 0 radical (unpaired) electrons. The maximum Gasteiger partial charge on any atom is 0.257 e. The molecule has 15 heavy (non-hydrogen) atoms. The predicted octanol–water partition coefficient (Wildman–Crippen LogP) is 0.852. The van der Waals surface area contributed by atoms with Crippen molar-refractivity contribution in [3.63, 3.8) is 0 Å². The summed E-state index contributed by atoms with van der Waals surface area (Å²) >= 11 is 0. The van der Waals surface area contributed by atoms with Gasteiger partial charge in [0.15, 0.2) is 0 Å². The molecule has 1 aromatic heterocycles. The van der Waals surface area contributed by atoms with Crippen molar-refractivity contribution in [2.24, 2.45) is 0 Å². The molecule has 0 saturated heterocycles. The normalized spacial score (nSPS) is 9.33. The third-order valence-electron chi connectivity index (χ3n) is 1.97. The van der Waals surface area contributed by atoms with Crippen LogP contribution in [0.3, 0.4) is 0 Å². The maximum absolute atomic E-state index is 11.8. The third-order valence-corrected chi connectivity index (χ3v) is 1.97. The van der Waals surface area contributed by atoms with Crippen LogP contribution in [0, 0.1) is 11.3 Å². The Kier molecular flexibility index (Phi) is 4.23. The SMILES string of the molecule is CCN(CCC#N)C(=O)c1cncnc1. The summed E-state index contributed by atoms with van der Waals surface area (Å²) < 4.78 is 0. The number of nitriles is 1. The number of hydrogen-bond donors (Lipinski definition) is 0. The van der Waals surface area contributed by atoms with Crippen LogP contribution in [-0.2, 0) is 0 Å². The van der Waals surface area contributed by atoms with Gasteiger partial charge in [-0.05, 0) is 6.92 Å². The van der Waals surface area contributed by atoms with Gasteiger partial charge in [0, 0.05) is 25.5 Å². The highest BCUT2D eigenvalue weighted by molar-refractivity contribution is 5.93. The number of amides is 1. The van der Waals surface area contributed by atoms with E-state index in [1.54, 1.807) is 4.90 Å². The summed E-state index contributed by atoms with van der Waals surface area (Å²) in [6.45, 7) is 2.90. The van der Waals surface area contributed by atoms with Crippen molar-refractivity contribution >= 4 is 5.91 Å². The second-order valence-electron chi connectivity index (χ2n) is 2.92. The summed E-state index contributed by atoms with van der Waals surface area (Å²) in [5.74, 6) is -0.131. The van der Waals surface area contributed by atoms with Crippen LogP contribution in [0.25, 0.3) is 0 Å². The number of aromatic nitrogens is 2. The van der Waals surface area contributed by atoms with Gasteiger partial charge in [-0.3, -0.25) is 4.79 Å². The first kappa shape index (κ1) is 11.1. The van der Waals surface area contributed by atoms with E-state index in [1.807, 2.05) is 13.0 Å². The van der Waals surface area contributed by atoms with E-state index < -0.39 is 0 Å². The van der Waals surface area contributed by atoms with Gasteiger partial charge in [0.2, 0.25) is 0 Å². The van der Waals surface area contributed by atoms with Gasteiger partial charge >= 0.3 is 0 Å². The van der Waals surface area contributed by atoms with Crippen molar-refractivity contribution in [2.75, 3.05) is 13.1 Å². The van der Waals surface area contributed by atoms with Crippen molar-refractivity contribution in [1.29, 1.82) is 5.26 Å². The number of carbonyl (C=O) groups excluding carboxylic acids is 1. The van der Waals surface area contributed by atoms with Crippen LogP contribution >= 0.6 is 0 Å². The minimum absolute atomic E-state index is 0.131. The summed E-state index contributed by atoms with van der Waals surface area (Å²) in [6, 6.07) is 2.01. The average molecular weight is 204 g/mol. The Morgan fingerprint density at radius 2 is 2.20 bits per heavy atom. The van der Waals surface area contributed by atoms with Gasteiger partial charge < -0.3 is 4.90 Å². The molecule has 1 rings (SSSR count). The lowest BCUT2D eigenvalue weighted by molar-refractivity contribution is 0.0767. The molecule has 1 aromatic rings. The zero-order valence-electron chi connectivity index (χ0n) is 8.55. The van der Waals surface area contributed by atoms with Crippen molar-refractivity contribution in [3.8, 4) is 6.07 Å². The summed E-state index contributed by atoms with van der Waals surface area (Å²) in [5.41, 5.74) is 0.456. The number of hydrogen-bond acceptors (Lipinski definition) is 4. The fraction of sp³-hybridized carbons (Fsp3) is 0.400. The van der Waals surface area contributed by atoms with E-state index in [2.05, 4.69) is 9.97 Å². The molecular weight excluding hydrogens is 192 g/mol. The van der Waals surface area contributed by atoms with Gasteiger partial charge in [-0.25, -0.2) is 9.97 Å². The smallest absolute Gasteiger partial charge is 0.257 e. The van der Waals surface area contributed by atoms with Crippen molar-refractivity contribution in [1.82, 2.24) is 14.9 Å². The Morgan fingerprint density at radius 3 is 2.73 bits per heavy atom. The molecule has 5 nitrogen and oxygen atoms in total. The summed E-state index contributed by atoms with van der Waals surface area (Å²) in [5, 5.41) is 8.45. The molecule has 0 atom stereocenters. The number of carbonyl (C=O) groups is 1. The Morgan fingerprint density at radius 1 is 1.53 bits per heavy atom. The largest absolute Gasteiger partial charge is 0.338 e. The minimum Gasteiger partial charge on any atom is -0.338 e. The molecule has 1 amide bonds. The Bertz CT molecular complexity index is 357. The average Bonchev–Trinajstić information content (AvgIpc) is 2.31. The molecule has 0 unspecified atom stereocenters. The molecule has 0 aliphatic carbocycles. The molecule has 78 valence electrons. The highest BCUT2D eigenvalue weighted by Gasteiger charge is 2.13. The highest BCUT2D eigenvalue weighted by atomic mass is 16.2. The Balaban J connectivity index is 2.70. The molecule has 1 heterocycles. The van der Waals surface area contributed by atoms with E-state index in [-0.39, 0.29) is 5.91 Å². The molecule has 0 aromatic carbocycles. The molecule has 0 N–H and O–H groups in total. The molecule has 5 heteroatoms. The van der Waals surface area contributed by atoms with E-state index in [9.17, 15) is 4.79 Å². The highest BCUT2D eigenvalue weighted by Crippen LogP contribution is 2.02. The van der Waals surface area contributed by atoms with Gasteiger partial charge in [-0.2, -0.15) is 5.26 Å². The lowest BCUT2D eigenvalue weighted by atomic mass is 10.3. The molecule has 0 saturated carbocycles. The number of rotatable bonds is 4. The molecular formula is C10H12N4O. The first-order valence-electron chi connectivity index (χ1n) is 4.70. The first-order valence-corrected chi connectivity index (χ1v) is 4.70. The fourth-order valence-electron chi connectivity index (χ4n) is 1.18. The monoisotopic (exact) mass is 204 g/mol. The lowest BCUT2D eigenvalue weighted by Crippen LogP contribution is -2.31. The van der Waals surface area contributed by atoms with E-state index in [4.69, 9.17) is 5.26 Å². The molecule has 0 bridgehead atoms. The van der Waals surface area contributed by atoms with Crippen LogP contribution in [0.5, 0.6) is 0 Å². The second kappa shape index (κ2) is 5.70. The molecule has 0 spiro atoms. The molecule has 0 fully saturated rings. The van der Waals surface area contributed by atoms with Crippen molar-refractivity contribution in [2.45, 2.75) is 13.3 Å². The van der Waals surface area contributed by atoms with Crippen LogP contribution in [0.4, 0.5) is 0 Å². The zero-order valence-corrected chi connectivity index (χ0v) is 8.55. The predicted molar refractivity (Wildman–Crippen MR) is 53.8 cm³/mol. The van der Waals surface area contributed by atoms with Crippen LogP contribution in [0.15, 0.2) is 18.7 Å². The maximum atomic E-state index is 11.8. The Labute approximate surface area is 88.4 Å². The lowest BCUT2D eigenvalue weighted by Gasteiger charge is -2.18. The standard InChI is InChI=1S/C10H12N4O/c1-2-14(5-3-4-11)10(15)9-6-12-8-13-7-9/h6-8H,2-3,5H2,1H3. The van der Waals surface area contributed by atoms with Crippen LogP contribution in [0.2, 0.25) is 0 Å². The quantitative estimate of drug-likeness (QED) is 0.729. The molecule has 0 aliphatic rings. The minimum atomic E-state index is -0.131. The zero-order chi connectivity index (χ0) is 11.1. The van der Waals surface area contributed by atoms with Gasteiger partial charge in [0.1, 0.15) is 6.33 Å². The van der Waals surface area contributed by atoms with Gasteiger partial charge in [-0.1, -0.05) is 0 Å². The van der Waals surface area contributed by atoms with Gasteiger partial charge in [0.05, 0.1) is 18.1 Å². The van der Waals surface area contributed by atoms with E-state index in [0.717, 1.165) is 0 Å². The summed E-state index contributed by atoms with van der Waals surface area (Å²) in [6.07, 6.45) is 4.67. The first-order chi connectivity index (χ1) is 7.29. The van der Waals surface area contributed by atoms with Crippen LogP contribution in [0.1, 0.15) is 23.7 Å². The summed E-state index contributed by atoms with van der Waals surface area (Å²) in [7, 11) is 0. The van der Waals surface area contributed by atoms with Crippen LogP contribution in [-0.4, -0.2) is 33.9 Å². The summed E-state index contributed by atoms with van der Waals surface area (Å²) in [4.78, 5) is 21.0. The molecule has 0 aliphatic heterocycles.